The average Bonchev–Trinajstić information content (AvgIpc) is 3.44. The maximum atomic E-state index is 12.4. The molecule has 0 radical (unpaired) electrons. The monoisotopic (exact) mass is 386 g/mol. The first-order valence-electron chi connectivity index (χ1n) is 9.85. The SMILES string of the molecule is COc1ccc(-c2noc(N3CCC(C(=O)NC[C@H]4CCCO4)CC3)n2)cc1. The van der Waals surface area contributed by atoms with Crippen LogP contribution in [0.4, 0.5) is 6.01 Å². The molecule has 8 nitrogen and oxygen atoms in total. The quantitative estimate of drug-likeness (QED) is 0.814. The lowest BCUT2D eigenvalue weighted by atomic mass is 9.96. The van der Waals surface area contributed by atoms with Gasteiger partial charge in [0.05, 0.1) is 13.2 Å². The Kier molecular flexibility index (Phi) is 5.76. The number of nitrogens with zero attached hydrogens (tertiary/aromatic N) is 3. The van der Waals surface area contributed by atoms with Gasteiger partial charge in [-0.1, -0.05) is 5.16 Å². The third kappa shape index (κ3) is 4.27. The van der Waals surface area contributed by atoms with Gasteiger partial charge in [-0.25, -0.2) is 0 Å². The van der Waals surface area contributed by atoms with E-state index in [1.165, 1.54) is 0 Å². The van der Waals surface area contributed by atoms with Crippen LogP contribution in [0.2, 0.25) is 0 Å². The summed E-state index contributed by atoms with van der Waals surface area (Å²) in [6.45, 7) is 2.88. The molecule has 150 valence electrons. The minimum Gasteiger partial charge on any atom is -0.497 e. The molecule has 28 heavy (non-hydrogen) atoms. The van der Waals surface area contributed by atoms with Gasteiger partial charge in [0.25, 0.3) is 0 Å². The fourth-order valence-corrected chi connectivity index (χ4v) is 3.70. The summed E-state index contributed by atoms with van der Waals surface area (Å²) in [7, 11) is 1.63. The van der Waals surface area contributed by atoms with Gasteiger partial charge in [-0.15, -0.1) is 0 Å². The minimum atomic E-state index is 0.0293. The second-order valence-electron chi connectivity index (χ2n) is 7.27. The molecule has 2 aliphatic heterocycles. The molecule has 4 rings (SSSR count). The second-order valence-corrected chi connectivity index (χ2v) is 7.27. The van der Waals surface area contributed by atoms with Crippen LogP contribution in [0.15, 0.2) is 28.8 Å². The van der Waals surface area contributed by atoms with E-state index < -0.39 is 0 Å². The van der Waals surface area contributed by atoms with E-state index >= 15 is 0 Å². The molecule has 1 N–H and O–H groups in total. The van der Waals surface area contributed by atoms with Crippen LogP contribution in [-0.2, 0) is 9.53 Å². The Balaban J connectivity index is 1.28. The summed E-state index contributed by atoms with van der Waals surface area (Å²) in [5.74, 6) is 1.49. The maximum absolute atomic E-state index is 12.4. The predicted molar refractivity (Wildman–Crippen MR) is 103 cm³/mol. The summed E-state index contributed by atoms with van der Waals surface area (Å²) in [6.07, 6.45) is 3.85. The Hall–Kier alpha value is -2.61. The van der Waals surface area contributed by atoms with Crippen LogP contribution >= 0.6 is 0 Å². The molecule has 1 atom stereocenters. The number of nitrogens with one attached hydrogen (secondary N) is 1. The highest BCUT2D eigenvalue weighted by atomic mass is 16.5. The third-order valence-electron chi connectivity index (χ3n) is 5.43. The average molecular weight is 386 g/mol. The van der Waals surface area contributed by atoms with Crippen molar-refractivity contribution in [3.05, 3.63) is 24.3 Å². The van der Waals surface area contributed by atoms with Crippen LogP contribution in [0.1, 0.15) is 25.7 Å². The normalized spacial score (nSPS) is 20.3. The number of aromatic nitrogens is 2. The number of ether oxygens (including phenoxy) is 2. The Labute approximate surface area is 164 Å². The van der Waals surface area contributed by atoms with Crippen molar-refractivity contribution < 1.29 is 18.8 Å². The summed E-state index contributed by atoms with van der Waals surface area (Å²) in [5, 5.41) is 7.12. The number of amides is 1. The summed E-state index contributed by atoms with van der Waals surface area (Å²) < 4.78 is 16.2. The number of carbonyl (C=O) groups is 1. The van der Waals surface area contributed by atoms with E-state index in [9.17, 15) is 4.79 Å². The lowest BCUT2D eigenvalue weighted by Crippen LogP contribution is -2.42. The first-order valence-corrected chi connectivity index (χ1v) is 9.85. The molecule has 3 heterocycles. The van der Waals surface area contributed by atoms with Crippen molar-refractivity contribution in [1.29, 1.82) is 0 Å². The second kappa shape index (κ2) is 8.60. The zero-order valence-electron chi connectivity index (χ0n) is 16.1. The van der Waals surface area contributed by atoms with Crippen molar-refractivity contribution in [1.82, 2.24) is 15.5 Å². The summed E-state index contributed by atoms with van der Waals surface area (Å²) in [4.78, 5) is 18.9. The van der Waals surface area contributed by atoms with Gasteiger partial charge in [0, 0.05) is 37.7 Å². The van der Waals surface area contributed by atoms with E-state index in [0.717, 1.165) is 56.7 Å². The van der Waals surface area contributed by atoms with Crippen molar-refractivity contribution in [2.24, 2.45) is 5.92 Å². The van der Waals surface area contributed by atoms with Crippen LogP contribution in [0, 0.1) is 5.92 Å². The molecule has 2 aromatic rings. The van der Waals surface area contributed by atoms with E-state index in [0.29, 0.717) is 18.4 Å². The van der Waals surface area contributed by atoms with E-state index in [-0.39, 0.29) is 17.9 Å². The van der Waals surface area contributed by atoms with Crippen molar-refractivity contribution in [2.45, 2.75) is 31.8 Å². The van der Waals surface area contributed by atoms with Gasteiger partial charge in [-0.3, -0.25) is 4.79 Å². The molecule has 0 saturated carbocycles. The Morgan fingerprint density at radius 1 is 1.25 bits per heavy atom. The fourth-order valence-electron chi connectivity index (χ4n) is 3.70. The topological polar surface area (TPSA) is 89.7 Å². The highest BCUT2D eigenvalue weighted by molar-refractivity contribution is 5.79. The zero-order valence-corrected chi connectivity index (χ0v) is 16.1. The molecule has 1 aromatic carbocycles. The van der Waals surface area contributed by atoms with Gasteiger partial charge in [-0.05, 0) is 49.9 Å². The number of piperidine rings is 1. The molecule has 2 aliphatic rings. The molecule has 2 saturated heterocycles. The molecule has 1 aromatic heterocycles. The molecule has 0 spiro atoms. The van der Waals surface area contributed by atoms with E-state index in [1.807, 2.05) is 29.2 Å². The Bertz CT molecular complexity index is 778. The van der Waals surface area contributed by atoms with Crippen LogP contribution in [0.25, 0.3) is 11.4 Å². The summed E-state index contributed by atoms with van der Waals surface area (Å²) >= 11 is 0. The number of anilines is 1. The molecule has 0 unspecified atom stereocenters. The number of rotatable bonds is 6. The molecule has 2 fully saturated rings. The number of benzene rings is 1. The van der Waals surface area contributed by atoms with Gasteiger partial charge >= 0.3 is 6.01 Å². The molecule has 8 heteroatoms. The van der Waals surface area contributed by atoms with Gasteiger partial charge in [0.15, 0.2) is 0 Å². The summed E-state index contributed by atoms with van der Waals surface area (Å²) in [6, 6.07) is 8.04. The van der Waals surface area contributed by atoms with Gasteiger partial charge < -0.3 is 24.2 Å². The van der Waals surface area contributed by atoms with E-state index in [1.54, 1.807) is 7.11 Å². The van der Waals surface area contributed by atoms with Gasteiger partial charge in [-0.2, -0.15) is 4.98 Å². The smallest absolute Gasteiger partial charge is 0.324 e. The van der Waals surface area contributed by atoms with Crippen molar-refractivity contribution in [3.63, 3.8) is 0 Å². The van der Waals surface area contributed by atoms with Crippen molar-refractivity contribution in [2.75, 3.05) is 38.3 Å². The van der Waals surface area contributed by atoms with Crippen molar-refractivity contribution in [3.8, 4) is 17.1 Å². The zero-order chi connectivity index (χ0) is 19.3. The number of hydrogen-bond acceptors (Lipinski definition) is 7. The first kappa shape index (κ1) is 18.7. The van der Waals surface area contributed by atoms with Crippen molar-refractivity contribution >= 4 is 11.9 Å². The number of methoxy groups -OCH3 is 1. The fraction of sp³-hybridized carbons (Fsp3) is 0.550. The van der Waals surface area contributed by atoms with Crippen LogP contribution in [-0.4, -0.2) is 55.5 Å². The maximum Gasteiger partial charge on any atom is 0.324 e. The molecular weight excluding hydrogens is 360 g/mol. The highest BCUT2D eigenvalue weighted by Gasteiger charge is 2.28. The third-order valence-corrected chi connectivity index (χ3v) is 5.43. The minimum absolute atomic E-state index is 0.0293. The lowest BCUT2D eigenvalue weighted by Gasteiger charge is -2.29. The molecule has 0 bridgehead atoms. The summed E-state index contributed by atoms with van der Waals surface area (Å²) in [5.41, 5.74) is 0.874. The number of hydrogen-bond donors (Lipinski definition) is 1. The molecule has 0 aliphatic carbocycles. The van der Waals surface area contributed by atoms with E-state index in [2.05, 4.69) is 15.5 Å². The standard InChI is InChI=1S/C20H26N4O4/c1-26-16-6-4-14(5-7-16)18-22-20(28-23-18)24-10-8-15(9-11-24)19(25)21-13-17-3-2-12-27-17/h4-7,15,17H,2-3,8-13H2,1H3,(H,21,25)/t17-/m1/s1. The van der Waals surface area contributed by atoms with Gasteiger partial charge in [0.2, 0.25) is 11.7 Å². The van der Waals surface area contributed by atoms with Gasteiger partial charge in [0.1, 0.15) is 5.75 Å². The largest absolute Gasteiger partial charge is 0.497 e. The Morgan fingerprint density at radius 2 is 2.04 bits per heavy atom. The van der Waals surface area contributed by atoms with Crippen LogP contribution < -0.4 is 15.0 Å². The van der Waals surface area contributed by atoms with E-state index in [4.69, 9.17) is 14.0 Å². The number of carbonyl (C=O) groups excluding carboxylic acids is 1. The van der Waals surface area contributed by atoms with Crippen LogP contribution in [0.3, 0.4) is 0 Å². The van der Waals surface area contributed by atoms with Crippen LogP contribution in [0.5, 0.6) is 5.75 Å². The molecular formula is C20H26N4O4. The lowest BCUT2D eigenvalue weighted by molar-refractivity contribution is -0.126. The highest BCUT2D eigenvalue weighted by Crippen LogP contribution is 2.26. The first-order chi connectivity index (χ1) is 13.7. The Morgan fingerprint density at radius 3 is 2.71 bits per heavy atom. The molecule has 1 amide bonds. The predicted octanol–water partition coefficient (Wildman–Crippen LogP) is 2.26.